The lowest BCUT2D eigenvalue weighted by molar-refractivity contribution is -0.135. The van der Waals surface area contributed by atoms with Crippen LogP contribution in [0.3, 0.4) is 0 Å². The largest absolute Gasteiger partial charge is 0.444 e. The Bertz CT molecular complexity index is 1700. The molecule has 5 N–H and O–H groups in total. The van der Waals surface area contributed by atoms with Crippen molar-refractivity contribution in [2.75, 3.05) is 13.1 Å². The first kappa shape index (κ1) is 43.1. The lowest BCUT2D eigenvalue weighted by Gasteiger charge is -2.36. The SMILES string of the molecule is CC(C)[C@@H](NC(=O)OC(C)(C)C)C(O)N1CCC[C@H]1C(=O)NCc1ccc(C#Cc2cnc([C@@H]3CCCN3C(=O)[C@H](NC(=O)OC(C)(C)C)C(C)C)[nH]2)cc1. The summed E-state index contributed by atoms with van der Waals surface area (Å²) in [5.41, 5.74) is 0.935. The second-order valence-corrected chi connectivity index (χ2v) is 17.1. The predicted octanol–water partition coefficient (Wildman–Crippen LogP) is 4.97. The van der Waals surface area contributed by atoms with Crippen LogP contribution in [0.1, 0.15) is 124 Å². The van der Waals surface area contributed by atoms with Crippen molar-refractivity contribution in [2.45, 2.75) is 143 Å². The number of nitrogens with one attached hydrogen (secondary N) is 4. The van der Waals surface area contributed by atoms with Crippen molar-refractivity contribution in [3.05, 3.63) is 53.1 Å². The van der Waals surface area contributed by atoms with Crippen LogP contribution < -0.4 is 16.0 Å². The highest BCUT2D eigenvalue weighted by Crippen LogP contribution is 2.31. The summed E-state index contributed by atoms with van der Waals surface area (Å²) >= 11 is 0. The molecule has 2 aliphatic rings. The van der Waals surface area contributed by atoms with E-state index in [-0.39, 0.29) is 29.7 Å². The molecule has 4 rings (SSSR count). The van der Waals surface area contributed by atoms with Gasteiger partial charge in [0.15, 0.2) is 0 Å². The number of amides is 4. The van der Waals surface area contributed by atoms with Crippen molar-refractivity contribution in [3.63, 3.8) is 0 Å². The minimum absolute atomic E-state index is 0.101. The number of aromatic amines is 1. The van der Waals surface area contributed by atoms with Crippen LogP contribution in [-0.4, -0.2) is 97.5 Å². The van der Waals surface area contributed by atoms with Gasteiger partial charge >= 0.3 is 12.2 Å². The van der Waals surface area contributed by atoms with Crippen LogP contribution in [0.15, 0.2) is 30.5 Å². The molecule has 302 valence electrons. The number of carbonyl (C=O) groups excluding carboxylic acids is 4. The molecule has 5 atom stereocenters. The van der Waals surface area contributed by atoms with Gasteiger partial charge in [0.1, 0.15) is 35.0 Å². The summed E-state index contributed by atoms with van der Waals surface area (Å²) in [5, 5.41) is 19.9. The van der Waals surface area contributed by atoms with Gasteiger partial charge in [-0.25, -0.2) is 14.6 Å². The first-order valence-electron chi connectivity index (χ1n) is 19.4. The summed E-state index contributed by atoms with van der Waals surface area (Å²) in [7, 11) is 0. The third kappa shape index (κ3) is 12.4. The fraction of sp³-hybridized carbons (Fsp3) is 0.634. The molecular weight excluding hydrogens is 702 g/mol. The third-order valence-electron chi connectivity index (χ3n) is 9.47. The zero-order valence-corrected chi connectivity index (χ0v) is 34.1. The van der Waals surface area contributed by atoms with Crippen LogP contribution in [0.25, 0.3) is 0 Å². The summed E-state index contributed by atoms with van der Waals surface area (Å²) in [6, 6.07) is 5.43. The fourth-order valence-corrected chi connectivity index (χ4v) is 6.79. The zero-order chi connectivity index (χ0) is 40.7. The second kappa shape index (κ2) is 18.3. The van der Waals surface area contributed by atoms with Gasteiger partial charge < -0.3 is 40.4 Å². The van der Waals surface area contributed by atoms with Gasteiger partial charge in [-0.05, 0) is 103 Å². The van der Waals surface area contributed by atoms with Gasteiger partial charge in [0.05, 0.1) is 24.3 Å². The Morgan fingerprint density at radius 2 is 1.51 bits per heavy atom. The molecule has 1 aromatic carbocycles. The van der Waals surface area contributed by atoms with Gasteiger partial charge in [0.25, 0.3) is 0 Å². The maximum Gasteiger partial charge on any atom is 0.408 e. The Morgan fingerprint density at radius 3 is 2.11 bits per heavy atom. The minimum Gasteiger partial charge on any atom is -0.444 e. The number of aliphatic hydroxyl groups excluding tert-OH is 1. The van der Waals surface area contributed by atoms with Crippen LogP contribution in [0.5, 0.6) is 0 Å². The van der Waals surface area contributed by atoms with E-state index >= 15 is 0 Å². The smallest absolute Gasteiger partial charge is 0.408 e. The number of alkyl carbamates (subject to hydrolysis) is 2. The molecule has 14 nitrogen and oxygen atoms in total. The monoisotopic (exact) mass is 763 g/mol. The van der Waals surface area contributed by atoms with Crippen LogP contribution in [0.2, 0.25) is 0 Å². The van der Waals surface area contributed by atoms with Crippen LogP contribution in [0.4, 0.5) is 9.59 Å². The summed E-state index contributed by atoms with van der Waals surface area (Å²) in [5.74, 6) is 6.32. The van der Waals surface area contributed by atoms with Gasteiger partial charge in [-0.3, -0.25) is 14.5 Å². The van der Waals surface area contributed by atoms with Gasteiger partial charge in [0, 0.05) is 25.2 Å². The number of aliphatic hydroxyl groups is 1. The van der Waals surface area contributed by atoms with E-state index in [4.69, 9.17) is 9.47 Å². The number of benzene rings is 1. The Morgan fingerprint density at radius 1 is 0.891 bits per heavy atom. The van der Waals surface area contributed by atoms with E-state index in [2.05, 4.69) is 37.8 Å². The van der Waals surface area contributed by atoms with Gasteiger partial charge in [-0.2, -0.15) is 0 Å². The molecule has 1 unspecified atom stereocenters. The number of aromatic nitrogens is 2. The molecule has 55 heavy (non-hydrogen) atoms. The van der Waals surface area contributed by atoms with Gasteiger partial charge in [-0.15, -0.1) is 0 Å². The first-order valence-corrected chi connectivity index (χ1v) is 19.4. The molecule has 3 heterocycles. The van der Waals surface area contributed by atoms with Gasteiger partial charge in [-0.1, -0.05) is 45.7 Å². The van der Waals surface area contributed by atoms with Crippen molar-refractivity contribution >= 4 is 24.0 Å². The van der Waals surface area contributed by atoms with Crippen LogP contribution in [0, 0.1) is 23.7 Å². The lowest BCUT2D eigenvalue weighted by Crippen LogP contribution is -2.58. The summed E-state index contributed by atoms with van der Waals surface area (Å²) < 4.78 is 10.8. The van der Waals surface area contributed by atoms with E-state index in [1.807, 2.05) is 52.0 Å². The number of carbonyl (C=O) groups is 4. The number of hydrogen-bond donors (Lipinski definition) is 5. The highest BCUT2D eigenvalue weighted by molar-refractivity contribution is 5.86. The quantitative estimate of drug-likeness (QED) is 0.198. The van der Waals surface area contributed by atoms with E-state index in [1.165, 1.54) is 0 Å². The highest BCUT2D eigenvalue weighted by atomic mass is 16.6. The van der Waals surface area contributed by atoms with Crippen molar-refractivity contribution in [1.82, 2.24) is 35.7 Å². The molecular formula is C41H61N7O7. The van der Waals surface area contributed by atoms with Crippen LogP contribution in [-0.2, 0) is 25.6 Å². The van der Waals surface area contributed by atoms with Crippen molar-refractivity contribution in [2.24, 2.45) is 11.8 Å². The number of nitrogens with zero attached hydrogens (tertiary/aromatic N) is 3. The number of imidazole rings is 1. The summed E-state index contributed by atoms with van der Waals surface area (Å²) in [6.45, 7) is 19.7. The third-order valence-corrected chi connectivity index (χ3v) is 9.47. The Labute approximate surface area is 325 Å². The number of ether oxygens (including phenoxy) is 2. The van der Waals surface area contributed by atoms with Crippen molar-refractivity contribution in [3.8, 4) is 11.8 Å². The Kier molecular flexibility index (Phi) is 14.4. The molecule has 0 aliphatic carbocycles. The van der Waals surface area contributed by atoms with E-state index in [0.717, 1.165) is 30.4 Å². The standard InChI is InChI=1S/C41H61N7O7/c1-25(2)32(45-38(52)54-40(5,6)7)36(50)47-21-11-13-30(47)34-42-24-29(44-34)20-19-27-15-17-28(18-16-27)23-43-35(49)31-14-12-22-48(31)37(51)33(26(3)4)46-39(53)55-41(8,9)10/h15-18,24-26,30-33,37,51H,11-14,21-23H2,1-10H3,(H,42,44)(H,43,49)(H,45,52)(H,46,53)/t30-,31-,32+,33+,37?/m0/s1. The Balaban J connectivity index is 1.32. The van der Waals surface area contributed by atoms with Gasteiger partial charge in [0.2, 0.25) is 11.8 Å². The summed E-state index contributed by atoms with van der Waals surface area (Å²) in [6.07, 6.45) is 2.28. The topological polar surface area (TPSA) is 178 Å². The van der Waals surface area contributed by atoms with Crippen molar-refractivity contribution in [1.29, 1.82) is 0 Å². The molecule has 2 fully saturated rings. The molecule has 0 saturated carbocycles. The average Bonchev–Trinajstić information content (AvgIpc) is 3.87. The minimum atomic E-state index is -1.06. The maximum absolute atomic E-state index is 13.7. The first-order chi connectivity index (χ1) is 25.7. The fourth-order valence-electron chi connectivity index (χ4n) is 6.79. The molecule has 2 aromatic rings. The highest BCUT2D eigenvalue weighted by Gasteiger charge is 2.40. The summed E-state index contributed by atoms with van der Waals surface area (Å²) in [4.78, 5) is 63.3. The lowest BCUT2D eigenvalue weighted by atomic mass is 10.0. The molecule has 2 aliphatic heterocycles. The Hall–Kier alpha value is -4.61. The zero-order valence-electron chi connectivity index (χ0n) is 34.1. The number of H-pyrrole nitrogens is 1. The van der Waals surface area contributed by atoms with E-state index in [1.54, 1.807) is 57.5 Å². The van der Waals surface area contributed by atoms with E-state index < -0.39 is 47.7 Å². The molecule has 2 saturated heterocycles. The van der Waals surface area contributed by atoms with E-state index in [0.29, 0.717) is 37.6 Å². The average molecular weight is 764 g/mol. The molecule has 0 bridgehead atoms. The molecule has 1 aromatic heterocycles. The number of hydrogen-bond acceptors (Lipinski definition) is 9. The predicted molar refractivity (Wildman–Crippen MR) is 208 cm³/mol. The van der Waals surface area contributed by atoms with Crippen LogP contribution >= 0.6 is 0 Å². The maximum atomic E-state index is 13.7. The molecule has 4 amide bonds. The number of likely N-dealkylation sites (tertiary alicyclic amines) is 2. The second-order valence-electron chi connectivity index (χ2n) is 17.1. The molecule has 0 spiro atoms. The molecule has 0 radical (unpaired) electrons. The molecule has 14 heteroatoms. The number of rotatable bonds is 11. The normalized spacial score (nSPS) is 19.3. The van der Waals surface area contributed by atoms with E-state index in [9.17, 15) is 24.3 Å². The van der Waals surface area contributed by atoms with Crippen molar-refractivity contribution < 1.29 is 33.8 Å².